The van der Waals surface area contributed by atoms with Crippen LogP contribution in [-0.4, -0.2) is 51.1 Å². The number of benzene rings is 1. The summed E-state index contributed by atoms with van der Waals surface area (Å²) in [7, 11) is 0. The molecular weight excluding hydrogens is 296 g/mol. The highest BCUT2D eigenvalue weighted by atomic mass is 32.2. The van der Waals surface area contributed by atoms with Gasteiger partial charge in [0.1, 0.15) is 23.2 Å². The van der Waals surface area contributed by atoms with E-state index in [-0.39, 0.29) is 6.42 Å². The predicted molar refractivity (Wildman–Crippen MR) is 74.4 cm³/mol. The lowest BCUT2D eigenvalue weighted by Gasteiger charge is -2.43. The Kier molecular flexibility index (Phi) is 3.83. The SMILES string of the molecule is CC1OC2Oc3ccc(CC(=O)O)cc3SC2C(O)C1O. The van der Waals surface area contributed by atoms with Crippen LogP contribution < -0.4 is 4.74 Å². The van der Waals surface area contributed by atoms with Crippen LogP contribution in [0.5, 0.6) is 5.75 Å². The van der Waals surface area contributed by atoms with E-state index in [1.807, 2.05) is 0 Å². The van der Waals surface area contributed by atoms with Crippen LogP contribution in [0.15, 0.2) is 23.1 Å². The average molecular weight is 312 g/mol. The highest BCUT2D eigenvalue weighted by molar-refractivity contribution is 8.00. The largest absolute Gasteiger partial charge is 0.481 e. The molecule has 0 amide bonds. The number of carbonyl (C=O) groups is 1. The van der Waals surface area contributed by atoms with Crippen LogP contribution in [0.1, 0.15) is 12.5 Å². The van der Waals surface area contributed by atoms with Gasteiger partial charge in [-0.2, -0.15) is 0 Å². The quantitative estimate of drug-likeness (QED) is 0.737. The van der Waals surface area contributed by atoms with Gasteiger partial charge in [-0.15, -0.1) is 11.8 Å². The summed E-state index contributed by atoms with van der Waals surface area (Å²) < 4.78 is 11.3. The summed E-state index contributed by atoms with van der Waals surface area (Å²) >= 11 is 1.34. The molecule has 1 fully saturated rings. The molecule has 5 atom stereocenters. The fourth-order valence-corrected chi connectivity index (χ4v) is 3.80. The van der Waals surface area contributed by atoms with Crippen molar-refractivity contribution in [1.29, 1.82) is 0 Å². The molecule has 21 heavy (non-hydrogen) atoms. The Morgan fingerprint density at radius 1 is 1.33 bits per heavy atom. The molecule has 0 saturated carbocycles. The predicted octanol–water partition coefficient (Wildman–Crippen LogP) is 0.633. The molecule has 2 heterocycles. The molecule has 114 valence electrons. The Morgan fingerprint density at radius 2 is 2.10 bits per heavy atom. The molecule has 0 aliphatic carbocycles. The fraction of sp³-hybridized carbons (Fsp3) is 0.500. The number of aliphatic hydroxyl groups excluding tert-OH is 2. The second-order valence-corrected chi connectivity index (χ2v) is 6.46. The van der Waals surface area contributed by atoms with Crippen molar-refractivity contribution in [3.05, 3.63) is 23.8 Å². The number of hydrogen-bond acceptors (Lipinski definition) is 6. The molecule has 2 aliphatic heterocycles. The first-order valence-corrected chi connectivity index (χ1v) is 7.53. The molecule has 3 rings (SSSR count). The third-order valence-corrected chi connectivity index (χ3v) is 5.00. The summed E-state index contributed by atoms with van der Waals surface area (Å²) in [5.74, 6) is -0.300. The summed E-state index contributed by atoms with van der Waals surface area (Å²) in [5.41, 5.74) is 0.663. The summed E-state index contributed by atoms with van der Waals surface area (Å²) in [4.78, 5) is 11.5. The van der Waals surface area contributed by atoms with E-state index in [1.54, 1.807) is 25.1 Å². The van der Waals surface area contributed by atoms with Gasteiger partial charge in [0.25, 0.3) is 0 Å². The lowest BCUT2D eigenvalue weighted by Crippen LogP contribution is -2.57. The Bertz CT molecular complexity index is 562. The smallest absolute Gasteiger partial charge is 0.307 e. The van der Waals surface area contributed by atoms with E-state index in [9.17, 15) is 15.0 Å². The van der Waals surface area contributed by atoms with E-state index in [0.717, 1.165) is 4.90 Å². The molecule has 7 heteroatoms. The van der Waals surface area contributed by atoms with Crippen molar-refractivity contribution < 1.29 is 29.6 Å². The topological polar surface area (TPSA) is 96.2 Å². The number of carboxylic acids is 1. The van der Waals surface area contributed by atoms with Gasteiger partial charge >= 0.3 is 5.97 Å². The van der Waals surface area contributed by atoms with Crippen molar-refractivity contribution in [3.63, 3.8) is 0 Å². The highest BCUT2D eigenvalue weighted by Gasteiger charge is 2.47. The van der Waals surface area contributed by atoms with Crippen LogP contribution in [0.3, 0.4) is 0 Å². The molecule has 6 nitrogen and oxygen atoms in total. The van der Waals surface area contributed by atoms with Gasteiger partial charge in [0.15, 0.2) is 0 Å². The molecule has 1 aromatic carbocycles. The normalized spacial score (nSPS) is 34.5. The van der Waals surface area contributed by atoms with Gasteiger partial charge in [-0.25, -0.2) is 0 Å². The van der Waals surface area contributed by atoms with Gasteiger partial charge in [0.05, 0.1) is 17.4 Å². The van der Waals surface area contributed by atoms with Gasteiger partial charge < -0.3 is 24.8 Å². The van der Waals surface area contributed by atoms with Crippen LogP contribution in [0.25, 0.3) is 0 Å². The summed E-state index contributed by atoms with van der Waals surface area (Å²) in [6.07, 6.45) is -3.12. The Balaban J connectivity index is 1.86. The maximum atomic E-state index is 10.8. The Hall–Kier alpha value is -1.28. The molecular formula is C14H16O6S. The molecule has 3 N–H and O–H groups in total. The number of thioether (sulfide) groups is 1. The first-order chi connectivity index (χ1) is 9.95. The number of carboxylic acid groups (broad SMARTS) is 1. The zero-order valence-corrected chi connectivity index (χ0v) is 12.1. The van der Waals surface area contributed by atoms with Crippen LogP contribution in [0, 0.1) is 0 Å². The van der Waals surface area contributed by atoms with Gasteiger partial charge in [-0.05, 0) is 24.6 Å². The first-order valence-electron chi connectivity index (χ1n) is 6.65. The van der Waals surface area contributed by atoms with Crippen molar-refractivity contribution >= 4 is 17.7 Å². The molecule has 2 aliphatic rings. The second kappa shape index (κ2) is 5.49. The van der Waals surface area contributed by atoms with E-state index < -0.39 is 35.8 Å². The molecule has 0 spiro atoms. The number of hydrogen-bond donors (Lipinski definition) is 3. The minimum Gasteiger partial charge on any atom is -0.481 e. The van der Waals surface area contributed by atoms with E-state index in [1.165, 1.54) is 11.8 Å². The van der Waals surface area contributed by atoms with E-state index in [2.05, 4.69) is 0 Å². The summed E-state index contributed by atoms with van der Waals surface area (Å²) in [6.45, 7) is 1.68. The minimum absolute atomic E-state index is 0.0688. The molecule has 1 aromatic rings. The third-order valence-electron chi connectivity index (χ3n) is 3.65. The van der Waals surface area contributed by atoms with Gasteiger partial charge in [-0.1, -0.05) is 6.07 Å². The van der Waals surface area contributed by atoms with Gasteiger partial charge in [0.2, 0.25) is 6.29 Å². The van der Waals surface area contributed by atoms with E-state index in [4.69, 9.17) is 14.6 Å². The van der Waals surface area contributed by atoms with E-state index >= 15 is 0 Å². The second-order valence-electron chi connectivity index (χ2n) is 5.24. The van der Waals surface area contributed by atoms with Gasteiger partial charge in [0, 0.05) is 0 Å². The number of aliphatic carboxylic acids is 1. The number of ether oxygens (including phenoxy) is 2. The Morgan fingerprint density at radius 3 is 2.81 bits per heavy atom. The van der Waals surface area contributed by atoms with Crippen LogP contribution >= 0.6 is 11.8 Å². The third kappa shape index (κ3) is 2.74. The first kappa shape index (κ1) is 14.6. The average Bonchev–Trinajstić information content (AvgIpc) is 2.43. The zero-order valence-electron chi connectivity index (χ0n) is 11.3. The molecule has 0 aromatic heterocycles. The van der Waals surface area contributed by atoms with Crippen molar-refractivity contribution in [3.8, 4) is 5.75 Å². The number of aliphatic hydroxyl groups is 2. The molecule has 5 unspecified atom stereocenters. The lowest BCUT2D eigenvalue weighted by atomic mass is 10.0. The number of fused-ring (bicyclic) bond motifs is 2. The molecule has 0 bridgehead atoms. The maximum absolute atomic E-state index is 10.8. The Labute approximate surface area is 125 Å². The minimum atomic E-state index is -0.967. The van der Waals surface area contributed by atoms with E-state index in [0.29, 0.717) is 11.3 Å². The lowest BCUT2D eigenvalue weighted by molar-refractivity contribution is -0.213. The molecule has 1 saturated heterocycles. The standard InChI is InChI=1S/C14H16O6S/c1-6-11(17)12(18)13-14(19-6)20-8-3-2-7(5-10(15)16)4-9(8)21-13/h2-4,6,11-14,17-18H,5H2,1H3,(H,15,16). The van der Waals surface area contributed by atoms with Crippen LogP contribution in [0.2, 0.25) is 0 Å². The molecule has 0 radical (unpaired) electrons. The van der Waals surface area contributed by atoms with Crippen molar-refractivity contribution in [1.82, 2.24) is 0 Å². The highest BCUT2D eigenvalue weighted by Crippen LogP contribution is 2.44. The fourth-order valence-electron chi connectivity index (χ4n) is 2.52. The van der Waals surface area contributed by atoms with Crippen molar-refractivity contribution in [2.24, 2.45) is 0 Å². The number of rotatable bonds is 2. The summed E-state index contributed by atoms with van der Waals surface area (Å²) in [5, 5.41) is 28.4. The van der Waals surface area contributed by atoms with Crippen molar-refractivity contribution in [2.75, 3.05) is 0 Å². The zero-order chi connectivity index (χ0) is 15.1. The summed E-state index contributed by atoms with van der Waals surface area (Å²) in [6, 6.07) is 5.15. The van der Waals surface area contributed by atoms with Crippen LogP contribution in [0.4, 0.5) is 0 Å². The maximum Gasteiger partial charge on any atom is 0.307 e. The van der Waals surface area contributed by atoms with Crippen molar-refractivity contribution in [2.45, 2.75) is 48.1 Å². The van der Waals surface area contributed by atoms with Gasteiger partial charge in [-0.3, -0.25) is 4.79 Å². The van der Waals surface area contributed by atoms with Crippen LogP contribution in [-0.2, 0) is 16.0 Å². The monoisotopic (exact) mass is 312 g/mol.